The van der Waals surface area contributed by atoms with Crippen molar-refractivity contribution in [1.82, 2.24) is 4.98 Å². The van der Waals surface area contributed by atoms with Crippen molar-refractivity contribution in [3.05, 3.63) is 40.5 Å². The largest absolute Gasteiger partial charge is 0.397 e. The molecule has 5 nitrogen and oxygen atoms in total. The van der Waals surface area contributed by atoms with E-state index in [4.69, 9.17) is 11.3 Å². The summed E-state index contributed by atoms with van der Waals surface area (Å²) in [5.41, 5.74) is 15.1. The van der Waals surface area contributed by atoms with E-state index in [2.05, 4.69) is 15.0 Å². The molecule has 2 N–H and O–H groups in total. The summed E-state index contributed by atoms with van der Waals surface area (Å²) in [7, 11) is 0. The molecule has 0 aliphatic heterocycles. The second-order valence-electron chi connectivity index (χ2n) is 2.32. The molecule has 1 heterocycles. The fourth-order valence-electron chi connectivity index (χ4n) is 0.833. The van der Waals surface area contributed by atoms with Crippen LogP contribution in [0.15, 0.2) is 29.7 Å². The van der Waals surface area contributed by atoms with Crippen LogP contribution in [-0.2, 0) is 0 Å². The van der Waals surface area contributed by atoms with E-state index >= 15 is 0 Å². The lowest BCUT2D eigenvalue weighted by atomic mass is 10.2. The number of nitrogen functional groups attached to an aromatic ring is 1. The zero-order chi connectivity index (χ0) is 9.52. The molecule has 0 amide bonds. The molecule has 1 aromatic rings. The van der Waals surface area contributed by atoms with Crippen LogP contribution in [0.25, 0.3) is 16.5 Å². The van der Waals surface area contributed by atoms with Crippen LogP contribution in [0.4, 0.5) is 5.69 Å². The van der Waals surface area contributed by atoms with Gasteiger partial charge in [0.1, 0.15) is 0 Å². The molecule has 0 fully saturated rings. The Bertz CT molecular complexity index is 351. The number of pyridine rings is 1. The van der Waals surface area contributed by atoms with Gasteiger partial charge in [-0.1, -0.05) is 17.3 Å². The van der Waals surface area contributed by atoms with Gasteiger partial charge in [0.25, 0.3) is 0 Å². The van der Waals surface area contributed by atoms with Crippen LogP contribution in [0.1, 0.15) is 5.56 Å². The first-order valence-electron chi connectivity index (χ1n) is 3.71. The SMILES string of the molecule is [N-]=[N+]=NCC=Cc1ccncc1N. The standard InChI is InChI=1S/C8H9N5/c9-8-6-11-5-3-7(8)2-1-4-12-13-10/h1-3,5-6H,4,9H2. The first-order valence-corrected chi connectivity index (χ1v) is 3.71. The van der Waals surface area contributed by atoms with Gasteiger partial charge in [0.2, 0.25) is 0 Å². The number of aromatic nitrogens is 1. The lowest BCUT2D eigenvalue weighted by molar-refractivity contribution is 1.22. The van der Waals surface area contributed by atoms with Gasteiger partial charge in [-0.25, -0.2) is 0 Å². The Morgan fingerprint density at radius 1 is 1.69 bits per heavy atom. The summed E-state index contributed by atoms with van der Waals surface area (Å²) in [5, 5.41) is 3.35. The maximum absolute atomic E-state index is 8.01. The summed E-state index contributed by atoms with van der Waals surface area (Å²) < 4.78 is 0. The molecule has 0 radical (unpaired) electrons. The topological polar surface area (TPSA) is 87.7 Å². The minimum Gasteiger partial charge on any atom is -0.397 e. The maximum atomic E-state index is 8.01. The lowest BCUT2D eigenvalue weighted by Crippen LogP contribution is -1.89. The summed E-state index contributed by atoms with van der Waals surface area (Å²) in [6, 6.07) is 1.79. The number of nitrogens with two attached hydrogens (primary N) is 1. The molecule has 0 aliphatic rings. The first kappa shape index (κ1) is 9.09. The number of nitrogens with zero attached hydrogens (tertiary/aromatic N) is 4. The van der Waals surface area contributed by atoms with Crippen LogP contribution in [0.5, 0.6) is 0 Å². The minimum absolute atomic E-state index is 0.332. The second-order valence-corrected chi connectivity index (χ2v) is 2.32. The molecule has 0 bridgehead atoms. The third kappa shape index (κ3) is 2.84. The predicted molar refractivity (Wildman–Crippen MR) is 51.7 cm³/mol. The van der Waals surface area contributed by atoms with Crippen molar-refractivity contribution in [2.45, 2.75) is 0 Å². The first-order chi connectivity index (χ1) is 6.34. The summed E-state index contributed by atoms with van der Waals surface area (Å²) in [6.45, 7) is 0.332. The fraction of sp³-hybridized carbons (Fsp3) is 0.125. The highest BCUT2D eigenvalue weighted by molar-refractivity contribution is 5.62. The molecule has 13 heavy (non-hydrogen) atoms. The monoisotopic (exact) mass is 175 g/mol. The molecule has 0 spiro atoms. The second kappa shape index (κ2) is 4.79. The van der Waals surface area contributed by atoms with Crippen LogP contribution in [0.2, 0.25) is 0 Å². The van der Waals surface area contributed by atoms with E-state index in [0.717, 1.165) is 5.56 Å². The number of anilines is 1. The van der Waals surface area contributed by atoms with Gasteiger partial charge in [0.05, 0.1) is 11.9 Å². The molecule has 1 aromatic heterocycles. The van der Waals surface area contributed by atoms with Gasteiger partial charge in [-0.15, -0.1) is 0 Å². The third-order valence-corrected chi connectivity index (χ3v) is 1.43. The molecular formula is C8H9N5. The fourth-order valence-corrected chi connectivity index (χ4v) is 0.833. The van der Waals surface area contributed by atoms with E-state index < -0.39 is 0 Å². The van der Waals surface area contributed by atoms with Gasteiger partial charge >= 0.3 is 0 Å². The Balaban J connectivity index is 2.68. The van der Waals surface area contributed by atoms with Gasteiger partial charge in [-0.3, -0.25) is 4.98 Å². The van der Waals surface area contributed by atoms with Gasteiger partial charge < -0.3 is 5.73 Å². The molecule has 1 rings (SSSR count). The molecule has 0 aliphatic carbocycles. The highest BCUT2D eigenvalue weighted by atomic mass is 15.1. The number of hydrogen-bond donors (Lipinski definition) is 1. The van der Waals surface area contributed by atoms with Crippen molar-refractivity contribution >= 4 is 11.8 Å². The number of azide groups is 1. The molecule has 0 unspecified atom stereocenters. The van der Waals surface area contributed by atoms with Crippen LogP contribution >= 0.6 is 0 Å². The van der Waals surface area contributed by atoms with Crippen molar-refractivity contribution in [3.8, 4) is 0 Å². The van der Waals surface area contributed by atoms with Gasteiger partial charge in [0, 0.05) is 23.2 Å². The molecule has 0 aromatic carbocycles. The molecule has 5 heteroatoms. The molecule has 0 atom stereocenters. The van der Waals surface area contributed by atoms with E-state index in [-0.39, 0.29) is 0 Å². The van der Waals surface area contributed by atoms with Crippen molar-refractivity contribution in [1.29, 1.82) is 0 Å². The van der Waals surface area contributed by atoms with E-state index in [0.29, 0.717) is 12.2 Å². The molecular weight excluding hydrogens is 166 g/mol. The van der Waals surface area contributed by atoms with Gasteiger partial charge in [-0.2, -0.15) is 0 Å². The van der Waals surface area contributed by atoms with Gasteiger partial charge in [0.15, 0.2) is 0 Å². The van der Waals surface area contributed by atoms with Crippen molar-refractivity contribution in [3.63, 3.8) is 0 Å². The van der Waals surface area contributed by atoms with E-state index in [1.807, 2.05) is 0 Å². The number of hydrogen-bond acceptors (Lipinski definition) is 3. The highest BCUT2D eigenvalue weighted by Gasteiger charge is 1.90. The third-order valence-electron chi connectivity index (χ3n) is 1.43. The Hall–Kier alpha value is -2.00. The summed E-state index contributed by atoms with van der Waals surface area (Å²) in [5.74, 6) is 0. The van der Waals surface area contributed by atoms with E-state index in [1.54, 1.807) is 30.6 Å². The predicted octanol–water partition coefficient (Wildman–Crippen LogP) is 1.99. The van der Waals surface area contributed by atoms with E-state index in [9.17, 15) is 0 Å². The number of rotatable bonds is 3. The minimum atomic E-state index is 0.332. The quantitative estimate of drug-likeness (QED) is 0.432. The molecule has 0 saturated carbocycles. The Morgan fingerprint density at radius 2 is 2.54 bits per heavy atom. The summed E-state index contributed by atoms with van der Waals surface area (Å²) >= 11 is 0. The summed E-state index contributed by atoms with van der Waals surface area (Å²) in [4.78, 5) is 6.47. The van der Waals surface area contributed by atoms with Crippen LogP contribution < -0.4 is 5.73 Å². The van der Waals surface area contributed by atoms with Crippen LogP contribution in [0.3, 0.4) is 0 Å². The van der Waals surface area contributed by atoms with Crippen molar-refractivity contribution in [2.24, 2.45) is 5.11 Å². The van der Waals surface area contributed by atoms with Crippen molar-refractivity contribution in [2.75, 3.05) is 12.3 Å². The van der Waals surface area contributed by atoms with Gasteiger partial charge in [-0.05, 0) is 11.6 Å². The smallest absolute Gasteiger partial charge is 0.0574 e. The van der Waals surface area contributed by atoms with Crippen molar-refractivity contribution < 1.29 is 0 Å². The maximum Gasteiger partial charge on any atom is 0.0574 e. The zero-order valence-corrected chi connectivity index (χ0v) is 6.96. The Morgan fingerprint density at radius 3 is 3.23 bits per heavy atom. The molecule has 66 valence electrons. The van der Waals surface area contributed by atoms with E-state index in [1.165, 1.54) is 0 Å². The zero-order valence-electron chi connectivity index (χ0n) is 6.96. The Kier molecular flexibility index (Phi) is 3.35. The van der Waals surface area contributed by atoms with Crippen LogP contribution in [-0.4, -0.2) is 11.5 Å². The Labute approximate surface area is 75.5 Å². The average molecular weight is 175 g/mol. The molecule has 0 saturated heterocycles. The summed E-state index contributed by atoms with van der Waals surface area (Å²) in [6.07, 6.45) is 6.77. The normalized spacial score (nSPS) is 9.85. The highest BCUT2D eigenvalue weighted by Crippen LogP contribution is 2.09. The average Bonchev–Trinajstić information content (AvgIpc) is 2.15. The van der Waals surface area contributed by atoms with Crippen LogP contribution in [0, 0.1) is 0 Å². The lowest BCUT2D eigenvalue weighted by Gasteiger charge is -1.96.